The number of carbonyl (C=O) groups excluding carboxylic acids is 3. The Balaban J connectivity index is 2.83. The molecule has 0 aromatic heterocycles. The number of benzene rings is 1. The number of ether oxygens (including phenoxy) is 4. The molecule has 0 N–H and O–H groups in total. The van der Waals surface area contributed by atoms with E-state index in [4.69, 9.17) is 18.9 Å². The van der Waals surface area contributed by atoms with E-state index in [1.165, 1.54) is 13.0 Å². The van der Waals surface area contributed by atoms with Gasteiger partial charge in [-0.25, -0.2) is 9.59 Å². The Morgan fingerprint density at radius 2 is 1.81 bits per heavy atom. The Hall–Kier alpha value is -2.41. The van der Waals surface area contributed by atoms with Crippen LogP contribution in [0.5, 0.6) is 5.75 Å². The van der Waals surface area contributed by atoms with E-state index in [1.54, 1.807) is 39.8 Å². The third-order valence-electron chi connectivity index (χ3n) is 2.99. The highest BCUT2D eigenvalue weighted by Crippen LogP contribution is 2.23. The predicted octanol–water partition coefficient (Wildman–Crippen LogP) is 2.69. The first-order chi connectivity index (χ1) is 12.1. The third kappa shape index (κ3) is 8.11. The van der Waals surface area contributed by atoms with Crippen molar-refractivity contribution in [3.63, 3.8) is 0 Å². The Kier molecular flexibility index (Phi) is 8.25. The number of rotatable bonds is 8. The average molecular weight is 366 g/mol. The lowest BCUT2D eigenvalue weighted by molar-refractivity contribution is -0.148. The van der Waals surface area contributed by atoms with Gasteiger partial charge < -0.3 is 18.9 Å². The molecule has 0 saturated carbocycles. The van der Waals surface area contributed by atoms with Crippen molar-refractivity contribution in [3.8, 4) is 5.75 Å². The number of hydrogen-bond donors (Lipinski definition) is 0. The SMILES string of the molecule is CCOC(=O)COCCc1cc(C(=O)OC(C)(C)C)ccc1OC(C)=O. The second-order valence-corrected chi connectivity index (χ2v) is 6.53. The van der Waals surface area contributed by atoms with Crippen molar-refractivity contribution in [3.05, 3.63) is 29.3 Å². The molecule has 0 atom stereocenters. The van der Waals surface area contributed by atoms with Gasteiger partial charge in [0.1, 0.15) is 18.0 Å². The van der Waals surface area contributed by atoms with Gasteiger partial charge in [-0.1, -0.05) is 0 Å². The minimum atomic E-state index is -0.617. The number of carbonyl (C=O) groups is 3. The molecule has 0 aliphatic heterocycles. The first-order valence-electron chi connectivity index (χ1n) is 8.40. The van der Waals surface area contributed by atoms with Crippen LogP contribution in [0.1, 0.15) is 50.5 Å². The molecule has 0 spiro atoms. The Morgan fingerprint density at radius 3 is 2.38 bits per heavy atom. The molecule has 7 heteroatoms. The summed E-state index contributed by atoms with van der Waals surface area (Å²) in [4.78, 5) is 34.7. The van der Waals surface area contributed by atoms with Gasteiger partial charge in [0.25, 0.3) is 0 Å². The lowest BCUT2D eigenvalue weighted by atomic mass is 10.1. The highest BCUT2D eigenvalue weighted by molar-refractivity contribution is 5.90. The zero-order valence-electron chi connectivity index (χ0n) is 15.9. The van der Waals surface area contributed by atoms with Crippen molar-refractivity contribution in [2.75, 3.05) is 19.8 Å². The van der Waals surface area contributed by atoms with Crippen molar-refractivity contribution < 1.29 is 33.3 Å². The van der Waals surface area contributed by atoms with Gasteiger partial charge in [-0.2, -0.15) is 0 Å². The monoisotopic (exact) mass is 366 g/mol. The molecule has 0 aliphatic carbocycles. The van der Waals surface area contributed by atoms with Crippen LogP contribution in [0.25, 0.3) is 0 Å². The predicted molar refractivity (Wildman–Crippen MR) is 94.1 cm³/mol. The number of hydrogen-bond acceptors (Lipinski definition) is 7. The van der Waals surface area contributed by atoms with E-state index in [9.17, 15) is 14.4 Å². The maximum atomic E-state index is 12.2. The van der Waals surface area contributed by atoms with E-state index in [2.05, 4.69) is 0 Å². The summed E-state index contributed by atoms with van der Waals surface area (Å²) in [5.41, 5.74) is 0.331. The van der Waals surface area contributed by atoms with Crippen molar-refractivity contribution in [2.24, 2.45) is 0 Å². The smallest absolute Gasteiger partial charge is 0.338 e. The fraction of sp³-hybridized carbons (Fsp3) is 0.526. The van der Waals surface area contributed by atoms with E-state index < -0.39 is 23.5 Å². The molecule has 0 aliphatic rings. The van der Waals surface area contributed by atoms with Crippen molar-refractivity contribution in [1.82, 2.24) is 0 Å². The van der Waals surface area contributed by atoms with Gasteiger partial charge in [0, 0.05) is 6.92 Å². The van der Waals surface area contributed by atoms with Crippen LogP contribution in [-0.2, 0) is 30.2 Å². The normalized spacial score (nSPS) is 11.0. The van der Waals surface area contributed by atoms with E-state index in [-0.39, 0.29) is 19.8 Å². The van der Waals surface area contributed by atoms with Crippen LogP contribution >= 0.6 is 0 Å². The van der Waals surface area contributed by atoms with Gasteiger partial charge in [-0.15, -0.1) is 0 Å². The van der Waals surface area contributed by atoms with E-state index in [0.717, 1.165) is 0 Å². The molecule has 0 radical (unpaired) electrons. The molecule has 144 valence electrons. The topological polar surface area (TPSA) is 88.1 Å². The van der Waals surface area contributed by atoms with Gasteiger partial charge in [0.15, 0.2) is 0 Å². The summed E-state index contributed by atoms with van der Waals surface area (Å²) >= 11 is 0. The lowest BCUT2D eigenvalue weighted by Crippen LogP contribution is -2.24. The molecule has 1 aromatic carbocycles. The van der Waals surface area contributed by atoms with Crippen molar-refractivity contribution in [2.45, 2.75) is 46.6 Å². The molecule has 0 amide bonds. The van der Waals surface area contributed by atoms with Crippen LogP contribution in [0.4, 0.5) is 0 Å². The highest BCUT2D eigenvalue weighted by Gasteiger charge is 2.19. The van der Waals surface area contributed by atoms with Gasteiger partial charge >= 0.3 is 17.9 Å². The largest absolute Gasteiger partial charge is 0.464 e. The first-order valence-corrected chi connectivity index (χ1v) is 8.40. The zero-order valence-corrected chi connectivity index (χ0v) is 15.9. The van der Waals surface area contributed by atoms with Crippen LogP contribution in [0.15, 0.2) is 18.2 Å². The Labute approximate surface area is 153 Å². The Morgan fingerprint density at radius 1 is 1.12 bits per heavy atom. The molecule has 26 heavy (non-hydrogen) atoms. The second kappa shape index (κ2) is 9.91. The summed E-state index contributed by atoms with van der Waals surface area (Å²) in [5.74, 6) is -1.05. The van der Waals surface area contributed by atoms with E-state index in [0.29, 0.717) is 23.3 Å². The summed E-state index contributed by atoms with van der Waals surface area (Å²) in [6.07, 6.45) is 0.346. The molecule has 7 nitrogen and oxygen atoms in total. The molecule has 0 heterocycles. The van der Waals surface area contributed by atoms with Gasteiger partial charge in [0.05, 0.1) is 18.8 Å². The maximum absolute atomic E-state index is 12.2. The lowest BCUT2D eigenvalue weighted by Gasteiger charge is -2.20. The average Bonchev–Trinajstić information content (AvgIpc) is 2.50. The molecule has 1 aromatic rings. The minimum absolute atomic E-state index is 0.164. The van der Waals surface area contributed by atoms with Crippen LogP contribution in [-0.4, -0.2) is 43.3 Å². The van der Waals surface area contributed by atoms with Crippen LogP contribution in [0, 0.1) is 0 Å². The third-order valence-corrected chi connectivity index (χ3v) is 2.99. The van der Waals surface area contributed by atoms with E-state index >= 15 is 0 Å². The molecular weight excluding hydrogens is 340 g/mol. The standard InChI is InChI=1S/C19H26O7/c1-6-24-17(21)12-23-10-9-14-11-15(18(22)26-19(3,4)5)7-8-16(14)25-13(2)20/h7-8,11H,6,9-10,12H2,1-5H3. The van der Waals surface area contributed by atoms with E-state index in [1.807, 2.05) is 0 Å². The zero-order chi connectivity index (χ0) is 19.7. The fourth-order valence-corrected chi connectivity index (χ4v) is 2.03. The van der Waals surface area contributed by atoms with Gasteiger partial charge in [-0.3, -0.25) is 4.79 Å². The molecule has 0 bridgehead atoms. The van der Waals surface area contributed by atoms with Gasteiger partial charge in [-0.05, 0) is 57.9 Å². The molecule has 1 rings (SSSR count). The first kappa shape index (κ1) is 21.6. The van der Waals surface area contributed by atoms with Crippen LogP contribution < -0.4 is 4.74 Å². The van der Waals surface area contributed by atoms with Crippen LogP contribution in [0.3, 0.4) is 0 Å². The molecule has 0 fully saturated rings. The molecule has 0 saturated heterocycles. The summed E-state index contributed by atoms with van der Waals surface area (Å²) in [7, 11) is 0. The Bertz CT molecular complexity index is 644. The summed E-state index contributed by atoms with van der Waals surface area (Å²) in [6, 6.07) is 4.68. The van der Waals surface area contributed by atoms with Crippen molar-refractivity contribution in [1.29, 1.82) is 0 Å². The van der Waals surface area contributed by atoms with Crippen LogP contribution in [0.2, 0.25) is 0 Å². The summed E-state index contributed by atoms with van der Waals surface area (Å²) in [6.45, 7) is 8.67. The molecular formula is C19H26O7. The van der Waals surface area contributed by atoms with Gasteiger partial charge in [0.2, 0.25) is 0 Å². The van der Waals surface area contributed by atoms with Crippen molar-refractivity contribution >= 4 is 17.9 Å². The molecule has 0 unspecified atom stereocenters. The summed E-state index contributed by atoms with van der Waals surface area (Å²) in [5, 5.41) is 0. The fourth-order valence-electron chi connectivity index (χ4n) is 2.03. The quantitative estimate of drug-likeness (QED) is 0.397. The number of esters is 3. The summed E-state index contributed by atoms with van der Waals surface area (Å²) < 4.78 is 20.5. The minimum Gasteiger partial charge on any atom is -0.464 e. The second-order valence-electron chi connectivity index (χ2n) is 6.53. The highest BCUT2D eigenvalue weighted by atomic mass is 16.6. The maximum Gasteiger partial charge on any atom is 0.338 e.